The highest BCUT2D eigenvalue weighted by atomic mass is 19.3. The first-order chi connectivity index (χ1) is 7.22. The van der Waals surface area contributed by atoms with Gasteiger partial charge in [0.2, 0.25) is 0 Å². The third-order valence-corrected chi connectivity index (χ3v) is 1.66. The number of aromatic nitrogens is 2. The maximum absolute atomic E-state index is 11.7. The van der Waals surface area contributed by atoms with Gasteiger partial charge in [-0.2, -0.15) is 0 Å². The molecule has 1 aromatic heterocycles. The number of hydrogen-bond donors (Lipinski definition) is 1. The van der Waals surface area contributed by atoms with Gasteiger partial charge in [0.25, 0.3) is 6.43 Å². The highest BCUT2D eigenvalue weighted by molar-refractivity contribution is 5.03. The molecule has 0 aliphatic carbocycles. The minimum absolute atomic E-state index is 0.109. The lowest BCUT2D eigenvalue weighted by Gasteiger charge is -2.02. The molecule has 1 N–H and O–H groups in total. The Morgan fingerprint density at radius 3 is 2.53 bits per heavy atom. The number of alkyl halides is 2. The second-order valence-electron chi connectivity index (χ2n) is 2.88. The maximum atomic E-state index is 11.7. The van der Waals surface area contributed by atoms with E-state index in [1.165, 1.54) is 12.4 Å². The minimum Gasteiger partial charge on any atom is -0.392 e. The van der Waals surface area contributed by atoms with Gasteiger partial charge in [-0.15, -0.1) is 0 Å². The van der Waals surface area contributed by atoms with Crippen molar-refractivity contribution in [2.24, 2.45) is 0 Å². The van der Waals surface area contributed by atoms with Crippen molar-refractivity contribution >= 4 is 0 Å². The Balaban J connectivity index is 2.25. The third-order valence-electron chi connectivity index (χ3n) is 1.66. The number of nitrogens with zero attached hydrogens (tertiary/aromatic N) is 2. The van der Waals surface area contributed by atoms with E-state index in [0.717, 1.165) is 0 Å². The lowest BCUT2D eigenvalue weighted by atomic mass is 10.3. The van der Waals surface area contributed by atoms with E-state index in [1.807, 2.05) is 0 Å². The highest BCUT2D eigenvalue weighted by Gasteiger charge is 2.02. The zero-order valence-electron chi connectivity index (χ0n) is 8.07. The van der Waals surface area contributed by atoms with Crippen LogP contribution in [0.25, 0.3) is 0 Å². The van der Waals surface area contributed by atoms with E-state index in [0.29, 0.717) is 17.8 Å². The molecule has 0 aromatic carbocycles. The van der Waals surface area contributed by atoms with E-state index in [-0.39, 0.29) is 13.2 Å². The molecule has 4 nitrogen and oxygen atoms in total. The molecule has 0 aliphatic heterocycles. The summed E-state index contributed by atoms with van der Waals surface area (Å²) >= 11 is 0. The van der Waals surface area contributed by atoms with Crippen molar-refractivity contribution < 1.29 is 18.6 Å². The molecule has 0 radical (unpaired) electrons. The normalized spacial score (nSPS) is 10.9. The van der Waals surface area contributed by atoms with Gasteiger partial charge < -0.3 is 9.84 Å². The van der Waals surface area contributed by atoms with Crippen molar-refractivity contribution in [2.45, 2.75) is 19.5 Å². The van der Waals surface area contributed by atoms with Gasteiger partial charge >= 0.3 is 0 Å². The summed E-state index contributed by atoms with van der Waals surface area (Å²) in [5.74, 6) is 0.515. The Morgan fingerprint density at radius 1 is 1.33 bits per heavy atom. The van der Waals surface area contributed by atoms with Crippen LogP contribution in [0.1, 0.15) is 11.4 Å². The van der Waals surface area contributed by atoms with Crippen LogP contribution in [-0.2, 0) is 17.8 Å². The predicted molar refractivity (Wildman–Crippen MR) is 48.5 cm³/mol. The topological polar surface area (TPSA) is 55.2 Å². The number of rotatable bonds is 6. The summed E-state index contributed by atoms with van der Waals surface area (Å²) in [5.41, 5.74) is 0.618. The molecule has 6 heteroatoms. The maximum Gasteiger partial charge on any atom is 0.261 e. The van der Waals surface area contributed by atoms with Gasteiger partial charge in [-0.25, -0.2) is 18.7 Å². The van der Waals surface area contributed by atoms with Crippen molar-refractivity contribution in [3.05, 3.63) is 23.8 Å². The van der Waals surface area contributed by atoms with Gasteiger partial charge in [0.1, 0.15) is 12.4 Å². The van der Waals surface area contributed by atoms with Gasteiger partial charge in [-0.1, -0.05) is 0 Å². The fraction of sp³-hybridized carbons (Fsp3) is 0.556. The second kappa shape index (κ2) is 6.36. The molecule has 1 heterocycles. The molecule has 84 valence electrons. The molecule has 0 aliphatic rings. The van der Waals surface area contributed by atoms with Crippen LogP contribution in [0.5, 0.6) is 0 Å². The largest absolute Gasteiger partial charge is 0.392 e. The zero-order valence-corrected chi connectivity index (χ0v) is 8.07. The summed E-state index contributed by atoms with van der Waals surface area (Å²) in [5, 5.41) is 8.72. The SMILES string of the molecule is OCc1cnc(CCOCC(F)F)nc1. The first-order valence-corrected chi connectivity index (χ1v) is 4.49. The smallest absolute Gasteiger partial charge is 0.261 e. The standard InChI is InChI=1S/C9H12F2N2O2/c10-8(11)6-15-2-1-9-12-3-7(5-14)4-13-9/h3-4,8,14H,1-2,5-6H2. The Hall–Kier alpha value is -1.14. The minimum atomic E-state index is -2.44. The van der Waals surface area contributed by atoms with E-state index >= 15 is 0 Å². The van der Waals surface area contributed by atoms with Crippen molar-refractivity contribution in [2.75, 3.05) is 13.2 Å². The molecule has 0 amide bonds. The van der Waals surface area contributed by atoms with Crippen molar-refractivity contribution in [1.29, 1.82) is 0 Å². The molecule has 0 atom stereocenters. The fourth-order valence-corrected chi connectivity index (χ4v) is 0.928. The molecule has 0 fully saturated rings. The van der Waals surface area contributed by atoms with E-state index in [4.69, 9.17) is 5.11 Å². The van der Waals surface area contributed by atoms with Crippen LogP contribution in [-0.4, -0.2) is 34.7 Å². The third kappa shape index (κ3) is 4.75. The lowest BCUT2D eigenvalue weighted by molar-refractivity contribution is 0.0183. The summed E-state index contributed by atoms with van der Waals surface area (Å²) < 4.78 is 28.0. The molecule has 0 unspecified atom stereocenters. The lowest BCUT2D eigenvalue weighted by Crippen LogP contribution is -2.08. The van der Waals surface area contributed by atoms with E-state index in [2.05, 4.69) is 14.7 Å². The quantitative estimate of drug-likeness (QED) is 0.717. The Kier molecular flexibility index (Phi) is 5.06. The van der Waals surface area contributed by atoms with Crippen LogP contribution in [0.15, 0.2) is 12.4 Å². The van der Waals surface area contributed by atoms with E-state index in [1.54, 1.807) is 0 Å². The molecule has 15 heavy (non-hydrogen) atoms. The van der Waals surface area contributed by atoms with Gasteiger partial charge in [0.05, 0.1) is 13.2 Å². The molecule has 1 aromatic rings. The van der Waals surface area contributed by atoms with Crippen LogP contribution in [0.3, 0.4) is 0 Å². The summed E-state index contributed by atoms with van der Waals surface area (Å²) in [6.45, 7) is -0.500. The molecule has 1 rings (SSSR count). The Labute approximate surface area is 85.9 Å². The predicted octanol–water partition coefficient (Wildman–Crippen LogP) is 0.793. The Bertz CT molecular complexity index is 280. The van der Waals surface area contributed by atoms with Crippen molar-refractivity contribution in [1.82, 2.24) is 9.97 Å². The van der Waals surface area contributed by atoms with Crippen molar-refractivity contribution in [3.63, 3.8) is 0 Å². The van der Waals surface area contributed by atoms with Gasteiger partial charge in [-0.05, 0) is 0 Å². The number of halogens is 2. The summed E-state index contributed by atoms with van der Waals surface area (Å²) in [6.07, 6.45) is 0.936. The molecular weight excluding hydrogens is 206 g/mol. The number of aliphatic hydroxyl groups excluding tert-OH is 1. The average molecular weight is 218 g/mol. The van der Waals surface area contributed by atoms with Crippen LogP contribution < -0.4 is 0 Å². The van der Waals surface area contributed by atoms with E-state index < -0.39 is 13.0 Å². The van der Waals surface area contributed by atoms with Crippen LogP contribution in [0, 0.1) is 0 Å². The summed E-state index contributed by atoms with van der Waals surface area (Å²) in [6, 6.07) is 0. The Morgan fingerprint density at radius 2 is 2.00 bits per heavy atom. The number of hydrogen-bond acceptors (Lipinski definition) is 4. The molecule has 0 bridgehead atoms. The fourth-order valence-electron chi connectivity index (χ4n) is 0.928. The first kappa shape index (κ1) is 11.9. The average Bonchev–Trinajstić information content (AvgIpc) is 2.25. The second-order valence-corrected chi connectivity index (χ2v) is 2.88. The monoisotopic (exact) mass is 218 g/mol. The van der Waals surface area contributed by atoms with Gasteiger partial charge in [-0.3, -0.25) is 0 Å². The summed E-state index contributed by atoms with van der Waals surface area (Å²) in [4.78, 5) is 7.86. The van der Waals surface area contributed by atoms with E-state index in [9.17, 15) is 8.78 Å². The first-order valence-electron chi connectivity index (χ1n) is 4.49. The van der Waals surface area contributed by atoms with Crippen LogP contribution >= 0.6 is 0 Å². The molecule has 0 saturated carbocycles. The number of ether oxygens (including phenoxy) is 1. The van der Waals surface area contributed by atoms with Crippen molar-refractivity contribution in [3.8, 4) is 0 Å². The van der Waals surface area contributed by atoms with Gasteiger partial charge in [0.15, 0.2) is 0 Å². The van der Waals surface area contributed by atoms with Crippen LogP contribution in [0.4, 0.5) is 8.78 Å². The molecule has 0 spiro atoms. The summed E-state index contributed by atoms with van der Waals surface area (Å²) in [7, 11) is 0. The molecule has 0 saturated heterocycles. The number of aliphatic hydroxyl groups is 1. The van der Waals surface area contributed by atoms with Gasteiger partial charge in [0, 0.05) is 24.4 Å². The zero-order chi connectivity index (χ0) is 11.1. The molecular formula is C9H12F2N2O2. The van der Waals surface area contributed by atoms with Crippen LogP contribution in [0.2, 0.25) is 0 Å². The highest BCUT2D eigenvalue weighted by Crippen LogP contribution is 1.98.